The largest absolute Gasteiger partial charge is 0.363 e. The van der Waals surface area contributed by atoms with Crippen LogP contribution < -0.4 is 4.90 Å². The van der Waals surface area contributed by atoms with Gasteiger partial charge in [-0.25, -0.2) is 9.97 Å². The molecule has 5 nitrogen and oxygen atoms in total. The molecule has 0 atom stereocenters. The summed E-state index contributed by atoms with van der Waals surface area (Å²) in [6, 6.07) is 14.8. The number of pyridine rings is 2. The fourth-order valence-electron chi connectivity index (χ4n) is 3.44. The van der Waals surface area contributed by atoms with Crippen LogP contribution in [0.4, 0.5) is 5.82 Å². The van der Waals surface area contributed by atoms with Gasteiger partial charge in [0.15, 0.2) is 0 Å². The minimum atomic E-state index is 0.890. The molecular formula is C22H19N5. The molecule has 0 bridgehead atoms. The molecule has 0 amide bonds. The quantitative estimate of drug-likeness (QED) is 0.488. The molecule has 0 saturated carbocycles. The van der Waals surface area contributed by atoms with Crippen LogP contribution in [-0.4, -0.2) is 34.0 Å². The second kappa shape index (κ2) is 5.99. The van der Waals surface area contributed by atoms with E-state index in [4.69, 9.17) is 0 Å². The lowest BCUT2D eigenvalue weighted by molar-refractivity contribution is 1.07. The van der Waals surface area contributed by atoms with Crippen LogP contribution in [-0.2, 0) is 0 Å². The SMILES string of the molecule is CN(C)c1ccc(-c2cnc3[nH]cc(-c4ccc5[nH]ccc5c4)c3c2)cn1. The molecule has 4 heterocycles. The van der Waals surface area contributed by atoms with Gasteiger partial charge in [0.05, 0.1) is 0 Å². The zero-order valence-corrected chi connectivity index (χ0v) is 15.2. The van der Waals surface area contributed by atoms with Crippen molar-refractivity contribution < 1.29 is 0 Å². The number of hydrogen-bond acceptors (Lipinski definition) is 3. The Morgan fingerprint density at radius 3 is 2.48 bits per heavy atom. The van der Waals surface area contributed by atoms with Crippen molar-refractivity contribution in [3.8, 4) is 22.3 Å². The van der Waals surface area contributed by atoms with E-state index in [2.05, 4.69) is 56.3 Å². The van der Waals surface area contributed by atoms with Crippen molar-refractivity contribution in [2.75, 3.05) is 19.0 Å². The third kappa shape index (κ3) is 2.64. The first-order valence-electron chi connectivity index (χ1n) is 8.87. The lowest BCUT2D eigenvalue weighted by Gasteiger charge is -2.11. The van der Waals surface area contributed by atoms with Crippen molar-refractivity contribution in [1.82, 2.24) is 19.9 Å². The van der Waals surface area contributed by atoms with E-state index < -0.39 is 0 Å². The van der Waals surface area contributed by atoms with Gasteiger partial charge in [0.2, 0.25) is 0 Å². The molecule has 4 aromatic heterocycles. The Morgan fingerprint density at radius 2 is 1.67 bits per heavy atom. The highest BCUT2D eigenvalue weighted by molar-refractivity contribution is 5.98. The maximum atomic E-state index is 4.61. The van der Waals surface area contributed by atoms with Crippen molar-refractivity contribution in [3.63, 3.8) is 0 Å². The Kier molecular flexibility index (Phi) is 3.47. The van der Waals surface area contributed by atoms with Gasteiger partial charge >= 0.3 is 0 Å². The zero-order valence-electron chi connectivity index (χ0n) is 15.2. The summed E-state index contributed by atoms with van der Waals surface area (Å²) in [7, 11) is 3.98. The summed E-state index contributed by atoms with van der Waals surface area (Å²) in [5.74, 6) is 0.940. The van der Waals surface area contributed by atoms with Crippen LogP contribution in [0, 0.1) is 0 Å². The monoisotopic (exact) mass is 353 g/mol. The summed E-state index contributed by atoms with van der Waals surface area (Å²) in [4.78, 5) is 17.7. The molecule has 0 fully saturated rings. The molecule has 2 N–H and O–H groups in total. The normalized spacial score (nSPS) is 11.3. The second-order valence-electron chi connectivity index (χ2n) is 6.90. The van der Waals surface area contributed by atoms with Crippen LogP contribution in [0.25, 0.3) is 44.2 Å². The summed E-state index contributed by atoms with van der Waals surface area (Å²) in [6.07, 6.45) is 7.79. The summed E-state index contributed by atoms with van der Waals surface area (Å²) >= 11 is 0. The van der Waals surface area contributed by atoms with Crippen molar-refractivity contribution in [3.05, 3.63) is 67.3 Å². The lowest BCUT2D eigenvalue weighted by atomic mass is 10.0. The van der Waals surface area contributed by atoms with Gasteiger partial charge in [0.1, 0.15) is 11.5 Å². The van der Waals surface area contributed by atoms with Gasteiger partial charge in [-0.3, -0.25) is 0 Å². The van der Waals surface area contributed by atoms with Gasteiger partial charge in [0, 0.05) is 66.5 Å². The number of aromatic nitrogens is 4. The van der Waals surface area contributed by atoms with E-state index >= 15 is 0 Å². The van der Waals surface area contributed by atoms with E-state index in [1.165, 1.54) is 10.9 Å². The highest BCUT2D eigenvalue weighted by Gasteiger charge is 2.10. The van der Waals surface area contributed by atoms with Gasteiger partial charge in [-0.15, -0.1) is 0 Å². The van der Waals surface area contributed by atoms with Crippen LogP contribution in [0.5, 0.6) is 0 Å². The summed E-state index contributed by atoms with van der Waals surface area (Å²) in [6.45, 7) is 0. The van der Waals surface area contributed by atoms with Crippen LogP contribution in [0.2, 0.25) is 0 Å². The Labute approximate surface area is 156 Å². The first-order valence-corrected chi connectivity index (χ1v) is 8.87. The smallest absolute Gasteiger partial charge is 0.137 e. The molecule has 132 valence electrons. The van der Waals surface area contributed by atoms with Crippen molar-refractivity contribution in [2.24, 2.45) is 0 Å². The first-order chi connectivity index (χ1) is 13.2. The van der Waals surface area contributed by atoms with Gasteiger partial charge in [-0.2, -0.15) is 0 Å². The average molecular weight is 353 g/mol. The molecule has 5 heteroatoms. The second-order valence-corrected chi connectivity index (χ2v) is 6.90. The number of aromatic amines is 2. The van der Waals surface area contributed by atoms with Crippen molar-refractivity contribution in [1.29, 1.82) is 0 Å². The minimum absolute atomic E-state index is 0.890. The number of fused-ring (bicyclic) bond motifs is 2. The predicted molar refractivity (Wildman–Crippen MR) is 111 cm³/mol. The number of nitrogens with one attached hydrogen (secondary N) is 2. The van der Waals surface area contributed by atoms with E-state index in [-0.39, 0.29) is 0 Å². The summed E-state index contributed by atoms with van der Waals surface area (Å²) in [5.41, 5.74) is 6.48. The van der Waals surface area contributed by atoms with Crippen LogP contribution in [0.3, 0.4) is 0 Å². The standard InChI is InChI=1S/C22H19N5/c1-27(2)21-6-4-16(11-24-21)17-10-18-19(13-26-22(18)25-12-17)14-3-5-20-15(9-14)7-8-23-20/h3-13,23H,1-2H3,(H,25,26). The number of hydrogen-bond donors (Lipinski definition) is 2. The summed E-state index contributed by atoms with van der Waals surface area (Å²) < 4.78 is 0. The van der Waals surface area contributed by atoms with E-state index in [9.17, 15) is 0 Å². The Morgan fingerprint density at radius 1 is 0.815 bits per heavy atom. The maximum absolute atomic E-state index is 4.61. The van der Waals surface area contributed by atoms with Crippen LogP contribution in [0.1, 0.15) is 0 Å². The Hall–Kier alpha value is -3.60. The van der Waals surface area contributed by atoms with E-state index in [1.54, 1.807) is 0 Å². The number of nitrogens with zero attached hydrogens (tertiary/aromatic N) is 3. The van der Waals surface area contributed by atoms with Crippen LogP contribution in [0.15, 0.2) is 67.3 Å². The molecule has 27 heavy (non-hydrogen) atoms. The first kappa shape index (κ1) is 15.6. The number of anilines is 1. The minimum Gasteiger partial charge on any atom is -0.363 e. The van der Waals surface area contributed by atoms with Crippen LogP contribution >= 0.6 is 0 Å². The zero-order chi connectivity index (χ0) is 18.4. The molecule has 0 aliphatic heterocycles. The summed E-state index contributed by atoms with van der Waals surface area (Å²) in [5, 5.41) is 2.31. The molecule has 5 rings (SSSR count). The van der Waals surface area contributed by atoms with Gasteiger partial charge in [-0.05, 0) is 47.3 Å². The molecule has 5 aromatic rings. The van der Waals surface area contributed by atoms with Gasteiger partial charge in [-0.1, -0.05) is 6.07 Å². The molecule has 0 radical (unpaired) electrons. The topological polar surface area (TPSA) is 60.6 Å². The Bertz CT molecular complexity index is 1240. The van der Waals surface area contributed by atoms with Crippen molar-refractivity contribution >= 4 is 27.8 Å². The third-order valence-corrected chi connectivity index (χ3v) is 4.93. The fourth-order valence-corrected chi connectivity index (χ4v) is 3.44. The molecule has 0 saturated heterocycles. The van der Waals surface area contributed by atoms with E-state index in [0.29, 0.717) is 0 Å². The predicted octanol–water partition coefficient (Wildman–Crippen LogP) is 4.84. The highest BCUT2D eigenvalue weighted by atomic mass is 15.1. The molecule has 0 spiro atoms. The Balaban J connectivity index is 1.61. The lowest BCUT2D eigenvalue weighted by Crippen LogP contribution is -2.09. The number of rotatable bonds is 3. The molecule has 1 aromatic carbocycles. The molecular weight excluding hydrogens is 334 g/mol. The van der Waals surface area contributed by atoms with Crippen molar-refractivity contribution in [2.45, 2.75) is 0 Å². The maximum Gasteiger partial charge on any atom is 0.137 e. The van der Waals surface area contributed by atoms with Gasteiger partial charge in [0.25, 0.3) is 0 Å². The van der Waals surface area contributed by atoms with E-state index in [0.717, 1.165) is 39.1 Å². The molecule has 0 aliphatic carbocycles. The highest BCUT2D eigenvalue weighted by Crippen LogP contribution is 2.32. The van der Waals surface area contributed by atoms with Gasteiger partial charge < -0.3 is 14.9 Å². The molecule has 0 unspecified atom stereocenters. The number of benzene rings is 1. The third-order valence-electron chi connectivity index (χ3n) is 4.93. The average Bonchev–Trinajstić information content (AvgIpc) is 3.33. The van der Waals surface area contributed by atoms with E-state index in [1.807, 2.05) is 49.8 Å². The molecule has 0 aliphatic rings. The fraction of sp³-hybridized carbons (Fsp3) is 0.0909. The number of H-pyrrole nitrogens is 2.